The van der Waals surface area contributed by atoms with Crippen LogP contribution in [-0.2, 0) is 17.6 Å². The minimum Gasteiger partial charge on any atom is -0.405 e. The highest BCUT2D eigenvalue weighted by Crippen LogP contribution is 3.03. The lowest BCUT2D eigenvalue weighted by Gasteiger charge is -2.40. The zero-order chi connectivity index (χ0) is 42.6. The number of benzene rings is 3. The fraction of sp³-hybridized carbons (Fsp3) is 0.125. The molecule has 0 aliphatic heterocycles. The Bertz CT molecular complexity index is 2690. The van der Waals surface area contributed by atoms with Gasteiger partial charge in [0.1, 0.15) is 59.9 Å². The van der Waals surface area contributed by atoms with Crippen LogP contribution in [-0.4, -0.2) is 6.36 Å². The van der Waals surface area contributed by atoms with Gasteiger partial charge < -0.3 is 4.74 Å². The molecule has 0 N–H and O–H groups in total. The summed E-state index contributed by atoms with van der Waals surface area (Å²) in [5.41, 5.74) is -9.41. The third kappa shape index (κ3) is 7.06. The van der Waals surface area contributed by atoms with Gasteiger partial charge in [-0.3, -0.25) is 0 Å². The summed E-state index contributed by atoms with van der Waals surface area (Å²) in [4.78, 5) is -1.49. The number of rotatable bonds is 5. The summed E-state index contributed by atoms with van der Waals surface area (Å²) in [6, 6.07) is 0.840. The smallest absolute Gasteiger partial charge is 0.405 e. The number of hydrogen-bond donors (Lipinski definition) is 0. The molecule has 0 heterocycles. The van der Waals surface area contributed by atoms with Crippen molar-refractivity contribution in [2.24, 2.45) is 0 Å². The molecule has 2 aliphatic rings. The number of nitrogens with zero attached hydrogens (tertiary/aromatic N) is 4. The van der Waals surface area contributed by atoms with E-state index in [0.717, 1.165) is 6.92 Å². The van der Waals surface area contributed by atoms with E-state index in [0.29, 0.717) is 0 Å². The Balaban J connectivity index is 2.19. The molecule has 5 nitrogen and oxygen atoms in total. The number of allylic oxidation sites excluding steroid dienone is 2. The van der Waals surface area contributed by atoms with Gasteiger partial charge in [-0.15, -0.1) is 13.2 Å². The first-order valence-electron chi connectivity index (χ1n) is 14.2. The van der Waals surface area contributed by atoms with Crippen LogP contribution in [0, 0.1) is 59.1 Å². The van der Waals surface area contributed by atoms with Crippen molar-refractivity contribution < 1.29 is 74.3 Å². The third-order valence-corrected chi connectivity index (χ3v) is 10.6. The molecule has 24 heteroatoms. The highest BCUT2D eigenvalue weighted by atomic mass is 32.5. The van der Waals surface area contributed by atoms with Gasteiger partial charge >= 0.3 is 32.6 Å². The number of hydrogen-bond acceptors (Lipinski definition) is 3. The molecule has 296 valence electrons. The van der Waals surface area contributed by atoms with Crippen molar-refractivity contribution in [3.05, 3.63) is 114 Å². The van der Waals surface area contributed by atoms with Crippen LogP contribution in [0.4, 0.5) is 69.6 Å². The second kappa shape index (κ2) is 11.1. The fourth-order valence-electron chi connectivity index (χ4n) is 6.52. The molecule has 0 unspecified atom stereocenters. The summed E-state index contributed by atoms with van der Waals surface area (Å²) >= 11 is 0. The highest BCUT2D eigenvalue weighted by molar-refractivity contribution is 8.46. The molecule has 3 aromatic rings. The Morgan fingerprint density at radius 1 is 0.661 bits per heavy atom. The van der Waals surface area contributed by atoms with Gasteiger partial charge in [-0.2, -0.15) is 20.2 Å². The molecule has 0 saturated carbocycles. The Morgan fingerprint density at radius 2 is 1.02 bits per heavy atom. The van der Waals surface area contributed by atoms with E-state index in [1.165, 1.54) is 12.1 Å². The molecule has 0 radical (unpaired) electrons. The molecule has 3 aromatic carbocycles. The van der Waals surface area contributed by atoms with E-state index >= 15 is 17.6 Å². The predicted octanol–water partition coefficient (Wildman–Crippen LogP) is 12.2. The Hall–Kier alpha value is -5.85. The first-order chi connectivity index (χ1) is 25.1. The number of nitriles is 2. The molecule has 56 heavy (non-hydrogen) atoms. The van der Waals surface area contributed by atoms with Crippen LogP contribution in [0.5, 0.6) is 0 Å². The first kappa shape index (κ1) is 41.3. The van der Waals surface area contributed by atoms with Crippen molar-refractivity contribution in [1.29, 1.82) is 10.5 Å². The van der Waals surface area contributed by atoms with Gasteiger partial charge in [0.25, 0.3) is 0 Å². The summed E-state index contributed by atoms with van der Waals surface area (Å²) in [6.45, 7) is 15.7. The number of fused-ring (bicyclic) bond motifs is 2. The van der Waals surface area contributed by atoms with Gasteiger partial charge in [0, 0.05) is 17.2 Å². The summed E-state index contributed by atoms with van der Waals surface area (Å²) in [5.74, 6) is -14.6. The van der Waals surface area contributed by atoms with Crippen molar-refractivity contribution in [2.45, 2.75) is 35.9 Å². The van der Waals surface area contributed by atoms with Gasteiger partial charge in [-0.1, -0.05) is 38.9 Å². The predicted molar refractivity (Wildman–Crippen MR) is 165 cm³/mol. The Morgan fingerprint density at radius 3 is 1.36 bits per heavy atom. The van der Waals surface area contributed by atoms with Crippen LogP contribution in [0.25, 0.3) is 43.3 Å². The van der Waals surface area contributed by atoms with E-state index in [9.17, 15) is 62.6 Å². The lowest BCUT2D eigenvalue weighted by atomic mass is 9.86. The van der Waals surface area contributed by atoms with Crippen LogP contribution in [0.2, 0.25) is 0 Å². The molecule has 0 spiro atoms. The summed E-state index contributed by atoms with van der Waals surface area (Å²) < 4.78 is 244. The zero-order valence-corrected chi connectivity index (χ0v) is 28.3. The van der Waals surface area contributed by atoms with E-state index < -0.39 is 163 Å². The number of ether oxygens (including phenoxy) is 1. The molecule has 0 amide bonds. The molecular weight excluding hydrogens is 843 g/mol. The van der Waals surface area contributed by atoms with Crippen LogP contribution in [0.3, 0.4) is 0 Å². The fourth-order valence-corrected chi connectivity index (χ4v) is 8.23. The largest absolute Gasteiger partial charge is 0.573 e. The summed E-state index contributed by atoms with van der Waals surface area (Å²) in [7, 11) is -22.4. The van der Waals surface area contributed by atoms with Gasteiger partial charge in [-0.05, 0) is 81.8 Å². The monoisotopic (exact) mass is 854 g/mol. The first-order valence-corrected chi connectivity index (χ1v) is 18.2. The zero-order valence-electron chi connectivity index (χ0n) is 26.7. The minimum atomic E-state index is -11.2. The van der Waals surface area contributed by atoms with Gasteiger partial charge in [-0.25, -0.2) is 17.6 Å². The quantitative estimate of drug-likeness (QED) is 0.146. The molecular formula is C32H11F17N4OS2. The van der Waals surface area contributed by atoms with Gasteiger partial charge in [0.15, 0.2) is 9.79 Å². The molecule has 0 fully saturated rings. The van der Waals surface area contributed by atoms with E-state index in [-0.39, 0.29) is 12.1 Å². The van der Waals surface area contributed by atoms with Crippen molar-refractivity contribution in [1.82, 2.24) is 0 Å². The molecule has 0 aromatic heterocycles. The van der Waals surface area contributed by atoms with Gasteiger partial charge in [0.2, 0.25) is 0 Å². The number of alkyl halides is 3. The van der Waals surface area contributed by atoms with E-state index in [1.54, 1.807) is 0 Å². The van der Waals surface area contributed by atoms with Crippen LogP contribution < -0.4 is 10.4 Å². The summed E-state index contributed by atoms with van der Waals surface area (Å²) in [6.07, 6.45) is -8.11. The highest BCUT2D eigenvalue weighted by Gasteiger charge is 2.70. The normalized spacial score (nSPS) is 16.6. The SMILES string of the molecule is [C-]#[N+]C([N+]#[C-])=C1Cc2c(-c3cc(F)c(S(F)(F)(F)(F)F)c(F)c3)c3c(c(-c4cc(F)c(S(F)(F)(F)(F)F)c(F)c4)c2=C1C)CC(=C(C#N)C#N)C=3OC(F)(F)F. The van der Waals surface area contributed by atoms with E-state index in [4.69, 9.17) is 13.1 Å². The van der Waals surface area contributed by atoms with Crippen molar-refractivity contribution >= 4 is 31.8 Å². The Kier molecular flexibility index (Phi) is 8.22. The third-order valence-electron chi connectivity index (χ3n) is 8.31. The maximum Gasteiger partial charge on any atom is 0.573 e. The average Bonchev–Trinajstić information content (AvgIpc) is 3.50. The average molecular weight is 855 g/mol. The molecule has 0 atom stereocenters. The van der Waals surface area contributed by atoms with Gasteiger partial charge in [0.05, 0.1) is 5.57 Å². The minimum absolute atomic E-state index is 0.351. The standard InChI is InChI=1S/C32H11F17N4OS2/c1-12-16(31(52-2)53-3)8-18-24(12)25(13-4-20(33)29(21(34)5-13)55(40,41,42,43)44)19-9-17(15(10-50)11-51)28(54-32(37,38)39)27(19)26(18)14-6-22(35)30(23(36)7-14)56(45,46,47,48)49/h4-7H,8-9H2,1H3. The maximum atomic E-state index is 15.1. The van der Waals surface area contributed by atoms with Crippen LogP contribution in [0.15, 0.2) is 56.6 Å². The van der Waals surface area contributed by atoms with Crippen molar-refractivity contribution in [2.75, 3.05) is 0 Å². The topological polar surface area (TPSA) is 65.5 Å². The van der Waals surface area contributed by atoms with Crippen molar-refractivity contribution in [3.8, 4) is 34.4 Å². The molecule has 2 aliphatic carbocycles. The molecule has 0 saturated heterocycles. The number of halogens is 17. The second-order valence-corrected chi connectivity index (χ2v) is 16.6. The second-order valence-electron chi connectivity index (χ2n) is 11.9. The Labute approximate surface area is 301 Å². The lowest BCUT2D eigenvalue weighted by Crippen LogP contribution is -2.26. The van der Waals surface area contributed by atoms with Crippen LogP contribution in [0.1, 0.15) is 18.1 Å². The lowest BCUT2D eigenvalue weighted by molar-refractivity contribution is -0.290. The maximum absolute atomic E-state index is 15.1. The van der Waals surface area contributed by atoms with Crippen LogP contribution >= 0.6 is 20.4 Å². The molecule has 5 rings (SSSR count). The summed E-state index contributed by atoms with van der Waals surface area (Å²) in [5, 5.41) is 17.2. The molecule has 0 bridgehead atoms. The van der Waals surface area contributed by atoms with Crippen molar-refractivity contribution in [3.63, 3.8) is 0 Å². The van der Waals surface area contributed by atoms with E-state index in [1.807, 2.05) is 0 Å². The van der Waals surface area contributed by atoms with E-state index in [2.05, 4.69) is 14.4 Å².